The zero-order valence-electron chi connectivity index (χ0n) is 42.6. The Bertz CT molecular complexity index is 2060. The van der Waals surface area contributed by atoms with Crippen molar-refractivity contribution >= 4 is 0 Å². The van der Waals surface area contributed by atoms with E-state index in [1.807, 2.05) is 19.1 Å². The second kappa shape index (κ2) is 19.7. The number of aliphatic hydroxyl groups is 3. The van der Waals surface area contributed by atoms with Crippen LogP contribution in [-0.2, 0) is 61.6 Å². The average molecular weight is 1010 g/mol. The second-order valence-electron chi connectivity index (χ2n) is 24.3. The Kier molecular flexibility index (Phi) is 13.6. The first-order valence-corrected chi connectivity index (χ1v) is 28.0. The fourth-order valence-electron chi connectivity index (χ4n) is 15.4. The van der Waals surface area contributed by atoms with Gasteiger partial charge in [0.15, 0.2) is 5.79 Å². The molecule has 16 heteroatoms. The Morgan fingerprint density at radius 3 is 1.89 bits per heavy atom. The highest BCUT2D eigenvalue weighted by Crippen LogP contribution is 2.52. The van der Waals surface area contributed by atoms with Gasteiger partial charge >= 0.3 is 0 Å². The molecule has 1 spiro atoms. The van der Waals surface area contributed by atoms with Gasteiger partial charge in [-0.15, -0.1) is 0 Å². The molecule has 0 saturated carbocycles. The van der Waals surface area contributed by atoms with Crippen LogP contribution in [-0.4, -0.2) is 186 Å². The fourth-order valence-corrected chi connectivity index (χ4v) is 15.4. The van der Waals surface area contributed by atoms with Crippen molar-refractivity contribution < 1.29 is 76.9 Å². The maximum Gasteiger partial charge on any atom is 0.171 e. The van der Waals surface area contributed by atoms with E-state index >= 15 is 0 Å². The molecule has 0 aromatic rings. The van der Waals surface area contributed by atoms with Gasteiger partial charge < -0.3 is 76.9 Å². The molecule has 16 nitrogen and oxygen atoms in total. The maximum atomic E-state index is 12.3. The third kappa shape index (κ3) is 8.73. The molecule has 3 N–H and O–H groups in total. The van der Waals surface area contributed by atoms with Crippen LogP contribution in [0.2, 0.25) is 0 Å². The number of ether oxygens (including phenoxy) is 13. The average Bonchev–Trinajstić information content (AvgIpc) is 3.50. The van der Waals surface area contributed by atoms with Gasteiger partial charge in [-0.3, -0.25) is 0 Å². The highest BCUT2D eigenvalue weighted by atomic mass is 16.7. The summed E-state index contributed by atoms with van der Waals surface area (Å²) in [6, 6.07) is 0. The minimum atomic E-state index is -1.00. The van der Waals surface area contributed by atoms with Crippen LogP contribution in [0.15, 0.2) is 48.6 Å². The lowest BCUT2D eigenvalue weighted by Gasteiger charge is -2.53. The molecule has 0 radical (unpaired) electrons. The molecule has 9 saturated heterocycles. The van der Waals surface area contributed by atoms with Crippen molar-refractivity contribution in [3.05, 3.63) is 48.6 Å². The number of rotatable bonds is 0. The Labute approximate surface area is 424 Å². The van der Waals surface area contributed by atoms with Crippen LogP contribution < -0.4 is 0 Å². The Morgan fingerprint density at radius 1 is 0.458 bits per heavy atom. The SMILES string of the molecule is C[C@@H]1C[C@@H]2O[C@@H]3[C@@H](C)[C@H](O)[C@@H]4OC5(CCCO5)[C@@H](C)[C@H](C)[C@H]4O[C@H]3C[C@H]2O[C@H]2C[C@H]3O[C@H]4C=CC[C@H]5O[C@H]6C=C[C@H]7O[C@H]8[C@H](O)[C@H]9OCC=CC[C@@H]9O[C@@H]8C[C@@H]7O[C@@H]6CC=C[C@@H]5O[C@@H]4C[C@@H](O)[C@]3(C)O[C@@H]2C1. The topological polar surface area (TPSA) is 181 Å². The number of fused-ring (bicyclic) bond motifs is 11. The summed E-state index contributed by atoms with van der Waals surface area (Å²) in [5, 5.41) is 35.8. The summed E-state index contributed by atoms with van der Waals surface area (Å²) in [5.74, 6) is -0.459. The van der Waals surface area contributed by atoms with Crippen LogP contribution in [0.4, 0.5) is 0 Å². The first kappa shape index (κ1) is 49.9. The van der Waals surface area contributed by atoms with Gasteiger partial charge in [-0.25, -0.2) is 0 Å². The monoisotopic (exact) mass is 1010 g/mol. The summed E-state index contributed by atoms with van der Waals surface area (Å²) in [6.07, 6.45) is 14.1. The molecule has 72 heavy (non-hydrogen) atoms. The molecule has 0 aromatic heterocycles. The van der Waals surface area contributed by atoms with E-state index in [4.69, 9.17) is 61.6 Å². The lowest BCUT2D eigenvalue weighted by Crippen LogP contribution is -2.63. The van der Waals surface area contributed by atoms with Crippen LogP contribution in [0, 0.1) is 23.7 Å². The van der Waals surface area contributed by atoms with E-state index < -0.39 is 72.4 Å². The van der Waals surface area contributed by atoms with Crippen LogP contribution in [0.5, 0.6) is 0 Å². The lowest BCUT2D eigenvalue weighted by atomic mass is 9.76. The van der Waals surface area contributed by atoms with E-state index in [-0.39, 0.29) is 109 Å². The molecule has 1 unspecified atom stereocenters. The van der Waals surface area contributed by atoms with Crippen molar-refractivity contribution in [2.45, 2.75) is 263 Å². The van der Waals surface area contributed by atoms with Crippen LogP contribution in [0.25, 0.3) is 0 Å². The molecule has 0 bridgehead atoms. The highest BCUT2D eigenvalue weighted by Gasteiger charge is 2.62. The molecule has 9 fully saturated rings. The van der Waals surface area contributed by atoms with Gasteiger partial charge in [0.1, 0.15) is 54.4 Å². The van der Waals surface area contributed by atoms with Gasteiger partial charge in [-0.2, -0.15) is 0 Å². The summed E-state index contributed by atoms with van der Waals surface area (Å²) in [6.45, 7) is 11.9. The predicted molar refractivity (Wildman–Crippen MR) is 257 cm³/mol. The van der Waals surface area contributed by atoms with Gasteiger partial charge in [0.2, 0.25) is 0 Å². The second-order valence-corrected chi connectivity index (χ2v) is 24.3. The van der Waals surface area contributed by atoms with Crippen molar-refractivity contribution in [1.29, 1.82) is 0 Å². The minimum absolute atomic E-state index is 0.103. The molecule has 13 rings (SSSR count). The van der Waals surface area contributed by atoms with Crippen molar-refractivity contribution in [3.63, 3.8) is 0 Å². The summed E-state index contributed by atoms with van der Waals surface area (Å²) in [7, 11) is 0. The quantitative estimate of drug-likeness (QED) is 0.284. The van der Waals surface area contributed by atoms with Crippen molar-refractivity contribution in [3.8, 4) is 0 Å². The molecule has 30 atom stereocenters. The summed E-state index contributed by atoms with van der Waals surface area (Å²) >= 11 is 0. The first-order valence-electron chi connectivity index (χ1n) is 28.0. The molecule has 13 aliphatic rings. The van der Waals surface area contributed by atoms with E-state index in [2.05, 4.69) is 64.2 Å². The van der Waals surface area contributed by atoms with Gasteiger partial charge in [0.05, 0.1) is 111 Å². The van der Waals surface area contributed by atoms with E-state index in [0.29, 0.717) is 58.2 Å². The van der Waals surface area contributed by atoms with E-state index in [9.17, 15) is 15.3 Å². The fraction of sp³-hybridized carbons (Fsp3) is 0.857. The third-order valence-corrected chi connectivity index (χ3v) is 19.8. The van der Waals surface area contributed by atoms with Crippen molar-refractivity contribution in [1.82, 2.24) is 0 Å². The maximum absolute atomic E-state index is 12.3. The summed E-state index contributed by atoms with van der Waals surface area (Å²) in [4.78, 5) is 0. The number of hydrogen-bond acceptors (Lipinski definition) is 16. The minimum Gasteiger partial charge on any atom is -0.390 e. The van der Waals surface area contributed by atoms with Gasteiger partial charge in [0.25, 0.3) is 0 Å². The number of hydrogen-bond donors (Lipinski definition) is 3. The van der Waals surface area contributed by atoms with E-state index in [1.165, 1.54) is 0 Å². The summed E-state index contributed by atoms with van der Waals surface area (Å²) < 4.78 is 88.6. The molecular formula is C56H80O16. The zero-order valence-corrected chi connectivity index (χ0v) is 42.6. The first-order chi connectivity index (χ1) is 34.8. The largest absolute Gasteiger partial charge is 0.390 e. The standard InChI is InChI=1S/C56H80O16/c1-27-21-38-40(24-44-50(69-38)29(3)48(58)54-51(70-44)28(2)30(4)56(72-54)18-10-20-61-56)66-42-26-47-55(5,71-43(42)22-27)46(57)25-41-34(67-47)15-9-12-31-32(64-41)13-8-14-33-35(62-31)16-17-36-39(63-33)23-45-53(68-36)49(59)52-37(65-45)11-6-7-19-60-52/h6-9,13,15-17,27-54,57-59H,10-12,14,18-26H2,1-5H3/t27-,28+,29+,30+,31-,32+,33-,34+,35+,36-,37+,38+,39+,40-,41-,42+,43-,44+,45-,46-,47-,48+,49-,50-,51-,52+,53-,54+,55+,56?/m1/s1. The molecule has 400 valence electrons. The van der Waals surface area contributed by atoms with E-state index in [1.54, 1.807) is 0 Å². The van der Waals surface area contributed by atoms with Gasteiger partial charge in [-0.1, -0.05) is 76.3 Å². The molecule has 13 heterocycles. The Hall–Kier alpha value is -1.68. The molecule has 0 aromatic carbocycles. The lowest BCUT2D eigenvalue weighted by molar-refractivity contribution is -0.339. The zero-order chi connectivity index (χ0) is 49.2. The third-order valence-electron chi connectivity index (χ3n) is 19.8. The van der Waals surface area contributed by atoms with Crippen LogP contribution in [0.3, 0.4) is 0 Å². The molecule has 0 amide bonds. The normalized spacial score (nSPS) is 58.1. The van der Waals surface area contributed by atoms with Crippen molar-refractivity contribution in [2.24, 2.45) is 23.7 Å². The van der Waals surface area contributed by atoms with Crippen molar-refractivity contribution in [2.75, 3.05) is 13.2 Å². The van der Waals surface area contributed by atoms with Gasteiger partial charge in [0, 0.05) is 43.9 Å². The van der Waals surface area contributed by atoms with Gasteiger partial charge in [-0.05, 0) is 57.3 Å². The Morgan fingerprint density at radius 2 is 1.08 bits per heavy atom. The van der Waals surface area contributed by atoms with Crippen LogP contribution in [0.1, 0.15) is 105 Å². The molecular weight excluding hydrogens is 929 g/mol. The highest BCUT2D eigenvalue weighted by molar-refractivity contribution is 5.15. The summed E-state index contributed by atoms with van der Waals surface area (Å²) in [5.41, 5.74) is -1.00. The molecule has 0 aliphatic carbocycles. The van der Waals surface area contributed by atoms with Crippen LogP contribution >= 0.6 is 0 Å². The molecule has 13 aliphatic heterocycles. The Balaban J connectivity index is 0.692. The number of aliphatic hydroxyl groups excluding tert-OH is 3. The smallest absolute Gasteiger partial charge is 0.171 e. The van der Waals surface area contributed by atoms with E-state index in [0.717, 1.165) is 25.7 Å². The predicted octanol–water partition coefficient (Wildman–Crippen LogP) is 4.72.